The van der Waals surface area contributed by atoms with Crippen molar-refractivity contribution in [3.05, 3.63) is 16.4 Å². The highest BCUT2D eigenvalue weighted by atomic mass is 35.5. The molecule has 0 aliphatic carbocycles. The molecule has 0 aliphatic heterocycles. The maximum Gasteiger partial charge on any atom is 0.140 e. The van der Waals surface area contributed by atoms with Gasteiger partial charge in [0.15, 0.2) is 0 Å². The zero-order valence-corrected chi connectivity index (χ0v) is 13.2. The van der Waals surface area contributed by atoms with Gasteiger partial charge in [0.25, 0.3) is 0 Å². The molecular weight excluding hydrogens is 262 g/mol. The zero-order chi connectivity index (χ0) is 14.8. The Morgan fingerprint density at radius 1 is 1.47 bits per heavy atom. The van der Waals surface area contributed by atoms with E-state index in [4.69, 9.17) is 17.3 Å². The Kier molecular flexibility index (Phi) is 5.16. The Hall–Kier alpha value is -0.870. The highest BCUT2D eigenvalue weighted by Gasteiger charge is 2.24. The maximum absolute atomic E-state index is 12.1. The highest BCUT2D eigenvalue weighted by molar-refractivity contribution is 6.32. The van der Waals surface area contributed by atoms with Crippen LogP contribution >= 0.6 is 11.6 Å². The molecule has 1 rings (SSSR count). The van der Waals surface area contributed by atoms with Gasteiger partial charge >= 0.3 is 0 Å². The van der Waals surface area contributed by atoms with Gasteiger partial charge in [-0.3, -0.25) is 9.48 Å². The Morgan fingerprint density at radius 2 is 2.05 bits per heavy atom. The number of ketones is 1. The standard InChI is InChI=1S/C14H24ClN3O/c1-6-10-13(15)11(18(5)17-10)7-9(19)8-12(16)14(2,3)4/h12H,6-8,16H2,1-5H3. The van der Waals surface area contributed by atoms with E-state index in [1.54, 1.807) is 4.68 Å². The second-order valence-electron chi connectivity index (χ2n) is 6.08. The van der Waals surface area contributed by atoms with Crippen molar-refractivity contribution in [3.63, 3.8) is 0 Å². The lowest BCUT2D eigenvalue weighted by atomic mass is 9.84. The Bertz CT molecular complexity index is 460. The van der Waals surface area contributed by atoms with Gasteiger partial charge in [0.05, 0.1) is 16.4 Å². The molecule has 0 amide bonds. The SMILES string of the molecule is CCc1nn(C)c(CC(=O)CC(N)C(C)(C)C)c1Cl. The van der Waals surface area contributed by atoms with Crippen LogP contribution in [0.3, 0.4) is 0 Å². The molecule has 0 saturated carbocycles. The third-order valence-corrected chi connectivity index (χ3v) is 3.86. The number of hydrogen-bond acceptors (Lipinski definition) is 3. The van der Waals surface area contributed by atoms with Gasteiger partial charge in [-0.15, -0.1) is 0 Å². The average Bonchev–Trinajstić information content (AvgIpc) is 2.55. The molecule has 108 valence electrons. The number of carbonyl (C=O) groups is 1. The molecule has 0 aromatic carbocycles. The van der Waals surface area contributed by atoms with Gasteiger partial charge in [0, 0.05) is 25.9 Å². The lowest BCUT2D eigenvalue weighted by Gasteiger charge is -2.26. The van der Waals surface area contributed by atoms with Crippen LogP contribution in [0.15, 0.2) is 0 Å². The van der Waals surface area contributed by atoms with Gasteiger partial charge in [0.2, 0.25) is 0 Å². The molecule has 0 fully saturated rings. The molecule has 1 atom stereocenters. The maximum atomic E-state index is 12.1. The first-order chi connectivity index (χ1) is 8.66. The topological polar surface area (TPSA) is 60.9 Å². The van der Waals surface area contributed by atoms with Crippen LogP contribution in [0.25, 0.3) is 0 Å². The predicted molar refractivity (Wildman–Crippen MR) is 78.4 cm³/mol. The summed E-state index contributed by atoms with van der Waals surface area (Å²) in [6.45, 7) is 8.11. The van der Waals surface area contributed by atoms with Gasteiger partial charge in [-0.2, -0.15) is 5.10 Å². The van der Waals surface area contributed by atoms with Crippen molar-refractivity contribution < 1.29 is 4.79 Å². The largest absolute Gasteiger partial charge is 0.327 e. The van der Waals surface area contributed by atoms with Gasteiger partial charge in [0.1, 0.15) is 5.78 Å². The van der Waals surface area contributed by atoms with Crippen LogP contribution in [0, 0.1) is 5.41 Å². The van der Waals surface area contributed by atoms with Crippen LogP contribution in [-0.2, 0) is 24.7 Å². The summed E-state index contributed by atoms with van der Waals surface area (Å²) in [5.41, 5.74) is 7.59. The molecule has 19 heavy (non-hydrogen) atoms. The first-order valence-electron chi connectivity index (χ1n) is 6.64. The van der Waals surface area contributed by atoms with Crippen LogP contribution in [0.1, 0.15) is 45.5 Å². The van der Waals surface area contributed by atoms with Crippen molar-refractivity contribution in [1.29, 1.82) is 0 Å². The summed E-state index contributed by atoms with van der Waals surface area (Å²) < 4.78 is 1.70. The van der Waals surface area contributed by atoms with Crippen LogP contribution in [0.5, 0.6) is 0 Å². The van der Waals surface area contributed by atoms with Crippen molar-refractivity contribution in [2.24, 2.45) is 18.2 Å². The smallest absolute Gasteiger partial charge is 0.140 e. The minimum atomic E-state index is -0.141. The third-order valence-electron chi connectivity index (χ3n) is 3.43. The number of aryl methyl sites for hydroxylation is 2. The average molecular weight is 286 g/mol. The van der Waals surface area contributed by atoms with Crippen molar-refractivity contribution >= 4 is 17.4 Å². The number of nitrogens with two attached hydrogens (primary N) is 1. The summed E-state index contributed by atoms with van der Waals surface area (Å²) in [5, 5.41) is 4.92. The summed E-state index contributed by atoms with van der Waals surface area (Å²) in [6, 6.07) is -0.141. The van der Waals surface area contributed by atoms with Crippen LogP contribution < -0.4 is 5.73 Å². The van der Waals surface area contributed by atoms with E-state index in [1.807, 2.05) is 34.7 Å². The van der Waals surface area contributed by atoms with Crippen LogP contribution in [-0.4, -0.2) is 21.6 Å². The number of aromatic nitrogens is 2. The summed E-state index contributed by atoms with van der Waals surface area (Å²) in [4.78, 5) is 12.1. The van der Waals surface area contributed by atoms with Crippen LogP contribution in [0.4, 0.5) is 0 Å². The van der Waals surface area contributed by atoms with E-state index in [9.17, 15) is 4.79 Å². The van der Waals surface area contributed by atoms with Crippen LogP contribution in [0.2, 0.25) is 5.02 Å². The summed E-state index contributed by atoms with van der Waals surface area (Å²) in [7, 11) is 1.82. The molecule has 1 unspecified atom stereocenters. The fraction of sp³-hybridized carbons (Fsp3) is 0.714. The zero-order valence-electron chi connectivity index (χ0n) is 12.5. The second kappa shape index (κ2) is 6.06. The number of Topliss-reactive ketones (excluding diaryl/α,β-unsaturated/α-hetero) is 1. The molecule has 1 heterocycles. The molecule has 0 aliphatic rings. The van der Waals surface area contributed by atoms with E-state index < -0.39 is 0 Å². The highest BCUT2D eigenvalue weighted by Crippen LogP contribution is 2.24. The lowest BCUT2D eigenvalue weighted by molar-refractivity contribution is -0.119. The second-order valence-corrected chi connectivity index (χ2v) is 6.45. The van der Waals surface area contributed by atoms with Crippen molar-refractivity contribution in [2.45, 2.75) is 53.0 Å². The summed E-state index contributed by atoms with van der Waals surface area (Å²) in [6.07, 6.45) is 1.43. The Balaban J connectivity index is 2.76. The van der Waals surface area contributed by atoms with E-state index in [2.05, 4.69) is 5.10 Å². The van der Waals surface area contributed by atoms with Crippen molar-refractivity contribution in [2.75, 3.05) is 0 Å². The fourth-order valence-corrected chi connectivity index (χ4v) is 2.18. The molecule has 1 aromatic heterocycles. The van der Waals surface area contributed by atoms with Crippen molar-refractivity contribution in [3.8, 4) is 0 Å². The molecule has 5 heteroatoms. The van der Waals surface area contributed by atoms with E-state index in [0.29, 0.717) is 17.9 Å². The summed E-state index contributed by atoms with van der Waals surface area (Å²) >= 11 is 6.23. The minimum absolute atomic E-state index is 0.0690. The molecule has 2 N–H and O–H groups in total. The summed E-state index contributed by atoms with van der Waals surface area (Å²) in [5.74, 6) is 0.106. The molecule has 0 bridgehead atoms. The van der Waals surface area contributed by atoms with Crippen molar-refractivity contribution in [1.82, 2.24) is 9.78 Å². The Morgan fingerprint density at radius 3 is 2.47 bits per heavy atom. The monoisotopic (exact) mass is 285 g/mol. The van der Waals surface area contributed by atoms with Gasteiger partial charge in [-0.1, -0.05) is 39.3 Å². The molecule has 4 nitrogen and oxygen atoms in total. The van der Waals surface area contributed by atoms with E-state index in [-0.39, 0.29) is 17.2 Å². The quantitative estimate of drug-likeness (QED) is 0.904. The molecular formula is C14H24ClN3O. The predicted octanol–water partition coefficient (Wildman–Crippen LogP) is 2.51. The molecule has 1 aromatic rings. The van der Waals surface area contributed by atoms with E-state index in [1.165, 1.54) is 0 Å². The van der Waals surface area contributed by atoms with Gasteiger partial charge < -0.3 is 5.73 Å². The van der Waals surface area contributed by atoms with Gasteiger partial charge in [-0.25, -0.2) is 0 Å². The molecule has 0 saturated heterocycles. The van der Waals surface area contributed by atoms with Gasteiger partial charge in [-0.05, 0) is 11.8 Å². The number of nitrogens with zero attached hydrogens (tertiary/aromatic N) is 2. The minimum Gasteiger partial charge on any atom is -0.327 e. The van der Waals surface area contributed by atoms with E-state index in [0.717, 1.165) is 17.8 Å². The normalized spacial score (nSPS) is 13.6. The first kappa shape index (κ1) is 16.2. The van der Waals surface area contributed by atoms with E-state index >= 15 is 0 Å². The number of hydrogen-bond donors (Lipinski definition) is 1. The number of rotatable bonds is 5. The first-order valence-corrected chi connectivity index (χ1v) is 7.02. The Labute approximate surface area is 120 Å². The molecule has 0 spiro atoms. The molecule has 0 radical (unpaired) electrons. The third kappa shape index (κ3) is 4.05. The number of halogens is 1. The lowest BCUT2D eigenvalue weighted by Crippen LogP contribution is -2.37. The number of carbonyl (C=O) groups excluding carboxylic acids is 1. The fourth-order valence-electron chi connectivity index (χ4n) is 1.82.